The smallest absolute Gasteiger partial charge is 0.165 e. The van der Waals surface area contributed by atoms with Gasteiger partial charge in [0.15, 0.2) is 11.6 Å². The fourth-order valence-electron chi connectivity index (χ4n) is 2.27. The first-order valence-electron chi connectivity index (χ1n) is 5.90. The largest absolute Gasteiger partial charge is 0.350 e. The van der Waals surface area contributed by atoms with Gasteiger partial charge in [-0.2, -0.15) is 0 Å². The van der Waals surface area contributed by atoms with Crippen molar-refractivity contribution >= 4 is 5.82 Å². The minimum absolute atomic E-state index is 0.227. The van der Waals surface area contributed by atoms with Gasteiger partial charge in [0.25, 0.3) is 0 Å². The molecule has 1 unspecified atom stereocenters. The van der Waals surface area contributed by atoms with Crippen LogP contribution < -0.4 is 10.2 Å². The van der Waals surface area contributed by atoms with E-state index in [4.69, 9.17) is 0 Å². The van der Waals surface area contributed by atoms with Crippen LogP contribution in [0.5, 0.6) is 0 Å². The Bertz CT molecular complexity index is 337. The fraction of sp³-hybridized carbons (Fsp3) is 0.583. The lowest BCUT2D eigenvalue weighted by atomic mass is 10.1. The summed E-state index contributed by atoms with van der Waals surface area (Å²) in [6, 6.07) is 3.47. The van der Waals surface area contributed by atoms with Crippen molar-refractivity contribution in [2.24, 2.45) is 0 Å². The summed E-state index contributed by atoms with van der Waals surface area (Å²) in [6.07, 6.45) is 3.91. The predicted molar refractivity (Wildman–Crippen MR) is 63.1 cm³/mol. The molecular weight excluding hydrogens is 205 g/mol. The topological polar surface area (TPSA) is 28.2 Å². The molecule has 1 aliphatic heterocycles. The van der Waals surface area contributed by atoms with Crippen LogP contribution in [0.1, 0.15) is 19.8 Å². The Morgan fingerprint density at radius 1 is 1.62 bits per heavy atom. The highest BCUT2D eigenvalue weighted by Gasteiger charge is 2.22. The molecule has 1 fully saturated rings. The maximum atomic E-state index is 13.7. The summed E-state index contributed by atoms with van der Waals surface area (Å²) >= 11 is 0. The number of nitrogens with one attached hydrogen (secondary N) is 1. The average molecular weight is 223 g/mol. The van der Waals surface area contributed by atoms with E-state index in [1.807, 2.05) is 6.92 Å². The van der Waals surface area contributed by atoms with Gasteiger partial charge in [0.2, 0.25) is 0 Å². The number of pyridine rings is 1. The Kier molecular flexibility index (Phi) is 3.72. The molecule has 1 atom stereocenters. The Hall–Kier alpha value is -1.16. The van der Waals surface area contributed by atoms with E-state index in [2.05, 4.69) is 15.2 Å². The van der Waals surface area contributed by atoms with Crippen molar-refractivity contribution in [3.05, 3.63) is 24.1 Å². The zero-order chi connectivity index (χ0) is 11.4. The Morgan fingerprint density at radius 3 is 3.12 bits per heavy atom. The normalized spacial score (nSPS) is 20.8. The highest BCUT2D eigenvalue weighted by Crippen LogP contribution is 2.20. The highest BCUT2D eigenvalue weighted by atomic mass is 19.1. The molecule has 2 rings (SSSR count). The van der Waals surface area contributed by atoms with Gasteiger partial charge in [-0.1, -0.05) is 0 Å². The van der Waals surface area contributed by atoms with Crippen LogP contribution in [-0.2, 0) is 0 Å². The number of hydrogen-bond donors (Lipinski definition) is 1. The SMILES string of the molecule is CCN(c1ncccc1F)C1CCCNC1. The van der Waals surface area contributed by atoms with Crippen molar-refractivity contribution in [1.82, 2.24) is 10.3 Å². The van der Waals surface area contributed by atoms with Gasteiger partial charge in [-0.25, -0.2) is 9.37 Å². The number of nitrogens with zero attached hydrogens (tertiary/aromatic N) is 2. The summed E-state index contributed by atoms with van der Waals surface area (Å²) in [5.41, 5.74) is 0. The summed E-state index contributed by atoms with van der Waals surface area (Å²) in [4.78, 5) is 6.20. The van der Waals surface area contributed by atoms with Gasteiger partial charge in [-0.15, -0.1) is 0 Å². The van der Waals surface area contributed by atoms with Gasteiger partial charge < -0.3 is 10.2 Å². The molecule has 1 saturated heterocycles. The molecule has 3 nitrogen and oxygen atoms in total. The van der Waals surface area contributed by atoms with E-state index in [9.17, 15) is 4.39 Å². The zero-order valence-electron chi connectivity index (χ0n) is 9.62. The molecule has 88 valence electrons. The lowest BCUT2D eigenvalue weighted by Gasteiger charge is -2.34. The Labute approximate surface area is 95.7 Å². The van der Waals surface area contributed by atoms with Crippen LogP contribution in [0.15, 0.2) is 18.3 Å². The number of aromatic nitrogens is 1. The van der Waals surface area contributed by atoms with E-state index in [1.54, 1.807) is 12.3 Å². The molecule has 0 aliphatic carbocycles. The predicted octanol–water partition coefficient (Wildman–Crippen LogP) is 1.80. The lowest BCUT2D eigenvalue weighted by Crippen LogP contribution is -2.46. The van der Waals surface area contributed by atoms with Gasteiger partial charge in [0.1, 0.15) is 0 Å². The van der Waals surface area contributed by atoms with E-state index in [0.29, 0.717) is 11.9 Å². The molecule has 0 radical (unpaired) electrons. The first-order valence-corrected chi connectivity index (χ1v) is 5.90. The standard InChI is InChI=1S/C12H18FN3/c1-2-16(10-5-3-7-14-9-10)12-11(13)6-4-8-15-12/h4,6,8,10,14H,2-3,5,7,9H2,1H3. The van der Waals surface area contributed by atoms with Crippen LogP contribution in [0.4, 0.5) is 10.2 Å². The molecule has 0 amide bonds. The summed E-state index contributed by atoms with van der Waals surface area (Å²) in [5, 5.41) is 3.35. The first-order chi connectivity index (χ1) is 7.83. The molecule has 1 N–H and O–H groups in total. The van der Waals surface area contributed by atoms with Crippen molar-refractivity contribution in [3.63, 3.8) is 0 Å². The maximum absolute atomic E-state index is 13.7. The number of likely N-dealkylation sites (N-methyl/N-ethyl adjacent to an activating group) is 1. The van der Waals surface area contributed by atoms with E-state index in [0.717, 1.165) is 32.5 Å². The van der Waals surface area contributed by atoms with Crippen LogP contribution in [-0.4, -0.2) is 30.7 Å². The van der Waals surface area contributed by atoms with E-state index in [1.165, 1.54) is 6.07 Å². The summed E-state index contributed by atoms with van der Waals surface area (Å²) in [7, 11) is 0. The second-order valence-electron chi connectivity index (χ2n) is 4.10. The van der Waals surface area contributed by atoms with Gasteiger partial charge in [0, 0.05) is 25.3 Å². The highest BCUT2D eigenvalue weighted by molar-refractivity contribution is 5.41. The maximum Gasteiger partial charge on any atom is 0.165 e. The summed E-state index contributed by atoms with van der Waals surface area (Å²) in [5.74, 6) is 0.258. The Morgan fingerprint density at radius 2 is 2.50 bits per heavy atom. The van der Waals surface area contributed by atoms with E-state index < -0.39 is 0 Å². The van der Waals surface area contributed by atoms with Gasteiger partial charge in [0.05, 0.1) is 0 Å². The fourth-order valence-corrected chi connectivity index (χ4v) is 2.27. The van der Waals surface area contributed by atoms with Crippen molar-refractivity contribution in [3.8, 4) is 0 Å². The van der Waals surface area contributed by atoms with Crippen LogP contribution in [0, 0.1) is 5.82 Å². The molecule has 4 heteroatoms. The lowest BCUT2D eigenvalue weighted by molar-refractivity contribution is 0.429. The first kappa shape index (κ1) is 11.3. The minimum Gasteiger partial charge on any atom is -0.350 e. The molecule has 1 aromatic heterocycles. The van der Waals surface area contributed by atoms with Gasteiger partial charge >= 0.3 is 0 Å². The minimum atomic E-state index is -0.227. The molecule has 2 heterocycles. The number of anilines is 1. The average Bonchev–Trinajstić information content (AvgIpc) is 2.34. The van der Waals surface area contributed by atoms with Crippen LogP contribution >= 0.6 is 0 Å². The second kappa shape index (κ2) is 5.25. The molecule has 0 aromatic carbocycles. The van der Waals surface area contributed by atoms with Crippen molar-refractivity contribution in [1.29, 1.82) is 0 Å². The number of hydrogen-bond acceptors (Lipinski definition) is 3. The van der Waals surface area contributed by atoms with Crippen LogP contribution in [0.2, 0.25) is 0 Å². The molecule has 1 aliphatic rings. The van der Waals surface area contributed by atoms with Crippen LogP contribution in [0.25, 0.3) is 0 Å². The molecule has 1 aromatic rings. The van der Waals surface area contributed by atoms with Crippen molar-refractivity contribution in [2.45, 2.75) is 25.8 Å². The third-order valence-corrected chi connectivity index (χ3v) is 3.06. The number of piperidine rings is 1. The number of rotatable bonds is 3. The summed E-state index contributed by atoms with van der Waals surface area (Å²) < 4.78 is 13.7. The molecule has 0 bridgehead atoms. The molecule has 0 spiro atoms. The quantitative estimate of drug-likeness (QED) is 0.847. The molecule has 16 heavy (non-hydrogen) atoms. The van der Waals surface area contributed by atoms with Gasteiger partial charge in [-0.3, -0.25) is 0 Å². The molecule has 0 saturated carbocycles. The molecular formula is C12H18FN3. The van der Waals surface area contributed by atoms with Gasteiger partial charge in [-0.05, 0) is 38.4 Å². The van der Waals surface area contributed by atoms with E-state index >= 15 is 0 Å². The third-order valence-electron chi connectivity index (χ3n) is 3.06. The van der Waals surface area contributed by atoms with E-state index in [-0.39, 0.29) is 5.82 Å². The third kappa shape index (κ3) is 2.32. The zero-order valence-corrected chi connectivity index (χ0v) is 9.62. The summed E-state index contributed by atoms with van der Waals surface area (Å²) in [6.45, 7) is 4.83. The number of halogens is 1. The van der Waals surface area contributed by atoms with Crippen LogP contribution in [0.3, 0.4) is 0 Å². The van der Waals surface area contributed by atoms with Crippen molar-refractivity contribution in [2.75, 3.05) is 24.5 Å². The second-order valence-corrected chi connectivity index (χ2v) is 4.10. The van der Waals surface area contributed by atoms with Crippen molar-refractivity contribution < 1.29 is 4.39 Å². The monoisotopic (exact) mass is 223 g/mol. The Balaban J connectivity index is 2.18.